The van der Waals surface area contributed by atoms with Crippen LogP contribution in [0.5, 0.6) is 0 Å². The summed E-state index contributed by atoms with van der Waals surface area (Å²) in [7, 11) is 0. The van der Waals surface area contributed by atoms with Gasteiger partial charge in [0.05, 0.1) is 0 Å². The van der Waals surface area contributed by atoms with Gasteiger partial charge in [0.2, 0.25) is 0 Å². The van der Waals surface area contributed by atoms with E-state index in [1.165, 1.54) is 31.2 Å². The van der Waals surface area contributed by atoms with E-state index in [1.54, 1.807) is 5.57 Å². The van der Waals surface area contributed by atoms with E-state index >= 15 is 0 Å². The number of fused-ring (bicyclic) bond motifs is 4. The van der Waals surface area contributed by atoms with Crippen molar-refractivity contribution in [2.45, 2.75) is 53.4 Å². The van der Waals surface area contributed by atoms with E-state index in [4.69, 9.17) is 0 Å². The predicted molar refractivity (Wildman–Crippen MR) is 123 cm³/mol. The van der Waals surface area contributed by atoms with Crippen LogP contribution in [0.1, 0.15) is 52.0 Å². The maximum atomic E-state index is 4.57. The average molecular weight is 403 g/mol. The molecule has 6 heteroatoms. The molecule has 0 spiro atoms. The zero-order chi connectivity index (χ0) is 20.9. The fourth-order valence-corrected chi connectivity index (χ4v) is 5.30. The Hall–Kier alpha value is -2.76. The van der Waals surface area contributed by atoms with Gasteiger partial charge in [-0.2, -0.15) is 10.1 Å². The molecule has 1 aromatic carbocycles. The number of allylic oxidation sites excluding steroid dienone is 2. The normalized spacial score (nSPS) is 26.1. The summed E-state index contributed by atoms with van der Waals surface area (Å²) in [5.74, 6) is 2.15. The molecule has 1 saturated carbocycles. The number of hydrogen-bond acceptors (Lipinski definition) is 5. The van der Waals surface area contributed by atoms with Crippen LogP contribution in [0.2, 0.25) is 0 Å². The van der Waals surface area contributed by atoms with Crippen molar-refractivity contribution in [1.82, 2.24) is 20.2 Å². The summed E-state index contributed by atoms with van der Waals surface area (Å²) < 4.78 is 0. The molecule has 2 N–H and O–H groups in total. The number of nitrogens with zero attached hydrogens (tertiary/aromatic N) is 4. The molecule has 2 heterocycles. The number of hydrazone groups is 1. The standard InChI is InChI=1S/C24H30N6/c1-14-7-8-20-18(10-14)21-22(26-20)27-23(30-28-21)29-25-13-17-12-19-16(11-15(17)2)6-5-9-24(19,3)4/h6-8,10,13,15,17,19H,5,9,11-12H2,1-4H3,(H2,26,27,29,30)/b25-13-/t15-,17-,19+/m0/s1. The summed E-state index contributed by atoms with van der Waals surface area (Å²) in [6.07, 6.45) is 9.42. The second-order valence-corrected chi connectivity index (χ2v) is 9.84. The monoisotopic (exact) mass is 402 g/mol. The van der Waals surface area contributed by atoms with Gasteiger partial charge in [0, 0.05) is 17.1 Å². The molecule has 2 aromatic heterocycles. The topological polar surface area (TPSA) is 78.9 Å². The molecule has 0 radical (unpaired) electrons. The van der Waals surface area contributed by atoms with Gasteiger partial charge < -0.3 is 4.98 Å². The first-order valence-electron chi connectivity index (χ1n) is 11.0. The van der Waals surface area contributed by atoms with Gasteiger partial charge in [0.25, 0.3) is 5.95 Å². The Bertz CT molecular complexity index is 1160. The summed E-state index contributed by atoms with van der Waals surface area (Å²) in [5.41, 5.74) is 8.80. The summed E-state index contributed by atoms with van der Waals surface area (Å²) >= 11 is 0. The molecule has 0 saturated heterocycles. The molecule has 30 heavy (non-hydrogen) atoms. The highest BCUT2D eigenvalue weighted by Crippen LogP contribution is 2.50. The minimum atomic E-state index is 0.385. The van der Waals surface area contributed by atoms with E-state index in [1.807, 2.05) is 0 Å². The molecule has 2 aliphatic carbocycles. The highest BCUT2D eigenvalue weighted by Gasteiger charge is 2.40. The Morgan fingerprint density at radius 2 is 2.13 bits per heavy atom. The third kappa shape index (κ3) is 3.38. The molecule has 0 unspecified atom stereocenters. The number of benzene rings is 1. The third-order valence-corrected chi connectivity index (χ3v) is 7.18. The van der Waals surface area contributed by atoms with E-state index < -0.39 is 0 Å². The van der Waals surface area contributed by atoms with Crippen LogP contribution < -0.4 is 5.43 Å². The summed E-state index contributed by atoms with van der Waals surface area (Å²) in [6.45, 7) is 9.25. The minimum absolute atomic E-state index is 0.385. The average Bonchev–Trinajstić information content (AvgIpc) is 3.05. The molecule has 3 atom stereocenters. The number of rotatable bonds is 3. The quantitative estimate of drug-likeness (QED) is 0.338. The number of H-pyrrole nitrogens is 1. The largest absolute Gasteiger partial charge is 0.338 e. The third-order valence-electron chi connectivity index (χ3n) is 7.18. The van der Waals surface area contributed by atoms with Crippen molar-refractivity contribution in [2.75, 3.05) is 5.43 Å². The van der Waals surface area contributed by atoms with E-state index in [0.717, 1.165) is 22.1 Å². The van der Waals surface area contributed by atoms with Gasteiger partial charge in [0.15, 0.2) is 5.65 Å². The maximum Gasteiger partial charge on any atom is 0.265 e. The van der Waals surface area contributed by atoms with Crippen molar-refractivity contribution in [2.24, 2.45) is 28.3 Å². The fraction of sp³-hybridized carbons (Fsp3) is 0.500. The van der Waals surface area contributed by atoms with Crippen molar-refractivity contribution in [3.05, 3.63) is 35.4 Å². The first-order chi connectivity index (χ1) is 14.4. The Kier molecular flexibility index (Phi) is 4.60. The molecule has 0 amide bonds. The molecule has 156 valence electrons. The maximum absolute atomic E-state index is 4.57. The van der Waals surface area contributed by atoms with Crippen LogP contribution in [0.25, 0.3) is 22.1 Å². The number of hydrogen-bond donors (Lipinski definition) is 2. The van der Waals surface area contributed by atoms with Crippen molar-refractivity contribution in [3.8, 4) is 0 Å². The molecular weight excluding hydrogens is 372 g/mol. The lowest BCUT2D eigenvalue weighted by Crippen LogP contribution is -2.36. The van der Waals surface area contributed by atoms with E-state index in [2.05, 4.69) is 88.9 Å². The van der Waals surface area contributed by atoms with Crippen LogP contribution in [0.4, 0.5) is 5.95 Å². The van der Waals surface area contributed by atoms with Crippen LogP contribution in [-0.2, 0) is 0 Å². The van der Waals surface area contributed by atoms with Crippen LogP contribution in [0.15, 0.2) is 34.9 Å². The van der Waals surface area contributed by atoms with Crippen LogP contribution >= 0.6 is 0 Å². The summed E-state index contributed by atoms with van der Waals surface area (Å²) in [6, 6.07) is 6.24. The Morgan fingerprint density at radius 3 is 3.00 bits per heavy atom. The van der Waals surface area contributed by atoms with Crippen molar-refractivity contribution in [3.63, 3.8) is 0 Å². The second-order valence-electron chi connectivity index (χ2n) is 9.84. The van der Waals surface area contributed by atoms with Crippen LogP contribution in [0, 0.1) is 30.1 Å². The summed E-state index contributed by atoms with van der Waals surface area (Å²) in [4.78, 5) is 7.89. The van der Waals surface area contributed by atoms with E-state index in [-0.39, 0.29) is 0 Å². The number of aromatic amines is 1. The molecule has 0 bridgehead atoms. The van der Waals surface area contributed by atoms with E-state index in [0.29, 0.717) is 29.1 Å². The van der Waals surface area contributed by atoms with Crippen LogP contribution in [0.3, 0.4) is 0 Å². The fourth-order valence-electron chi connectivity index (χ4n) is 5.30. The van der Waals surface area contributed by atoms with Gasteiger partial charge >= 0.3 is 0 Å². The van der Waals surface area contributed by atoms with Gasteiger partial charge in [-0.3, -0.25) is 0 Å². The summed E-state index contributed by atoms with van der Waals surface area (Å²) in [5, 5.41) is 14.2. The minimum Gasteiger partial charge on any atom is -0.338 e. The lowest BCUT2D eigenvalue weighted by molar-refractivity contribution is 0.149. The van der Waals surface area contributed by atoms with E-state index in [9.17, 15) is 0 Å². The van der Waals surface area contributed by atoms with Gasteiger partial charge in [0.1, 0.15) is 5.52 Å². The molecule has 0 aliphatic heterocycles. The van der Waals surface area contributed by atoms with Crippen molar-refractivity contribution >= 4 is 34.2 Å². The van der Waals surface area contributed by atoms with Crippen LogP contribution in [-0.4, -0.2) is 26.4 Å². The smallest absolute Gasteiger partial charge is 0.265 e. The highest BCUT2D eigenvalue weighted by molar-refractivity contribution is 6.03. The van der Waals surface area contributed by atoms with Crippen molar-refractivity contribution < 1.29 is 0 Å². The Balaban J connectivity index is 1.33. The Morgan fingerprint density at radius 1 is 1.27 bits per heavy atom. The Labute approximate surface area is 177 Å². The van der Waals surface area contributed by atoms with Gasteiger partial charge in [-0.1, -0.05) is 44.1 Å². The number of anilines is 1. The molecule has 3 aromatic rings. The first-order valence-corrected chi connectivity index (χ1v) is 11.0. The molecule has 2 aliphatic rings. The highest BCUT2D eigenvalue weighted by atomic mass is 15.4. The predicted octanol–water partition coefficient (Wildman–Crippen LogP) is 5.62. The van der Waals surface area contributed by atoms with Gasteiger partial charge in [-0.25, -0.2) is 5.43 Å². The van der Waals surface area contributed by atoms with Crippen molar-refractivity contribution in [1.29, 1.82) is 0 Å². The van der Waals surface area contributed by atoms with Gasteiger partial charge in [-0.15, -0.1) is 10.2 Å². The lowest BCUT2D eigenvalue weighted by atomic mass is 9.59. The second kappa shape index (κ2) is 7.18. The number of aryl methyl sites for hydroxylation is 1. The number of aromatic nitrogens is 4. The van der Waals surface area contributed by atoms with Gasteiger partial charge in [-0.05, 0) is 67.9 Å². The molecule has 6 nitrogen and oxygen atoms in total. The zero-order valence-corrected chi connectivity index (χ0v) is 18.2. The molecular formula is C24H30N6. The molecule has 5 rings (SSSR count). The molecule has 1 fully saturated rings. The number of nitrogens with one attached hydrogen (secondary N) is 2. The first kappa shape index (κ1) is 19.2. The SMILES string of the molecule is Cc1ccc2[nH]c3nc(N/N=C\[C@@H]4C[C@@H]5C(=CCCC5(C)C)C[C@@H]4C)nnc3c2c1. The zero-order valence-electron chi connectivity index (χ0n) is 18.2. The lowest BCUT2D eigenvalue weighted by Gasteiger charge is -2.46.